The van der Waals surface area contributed by atoms with Gasteiger partial charge in [0.15, 0.2) is 9.84 Å². The van der Waals surface area contributed by atoms with E-state index in [1.54, 1.807) is 12.1 Å². The zero-order chi connectivity index (χ0) is 21.2. The lowest BCUT2D eigenvalue weighted by molar-refractivity contribution is 0.102. The highest BCUT2D eigenvalue weighted by molar-refractivity contribution is 7.91. The van der Waals surface area contributed by atoms with Crippen molar-refractivity contribution in [2.24, 2.45) is 0 Å². The number of nitrogens with one attached hydrogen (secondary N) is 1. The maximum absolute atomic E-state index is 12.9. The number of amides is 1. The molecular formula is C20H24N2O5S2. The summed E-state index contributed by atoms with van der Waals surface area (Å²) in [5, 5.41) is 2.58. The van der Waals surface area contributed by atoms with Gasteiger partial charge in [0.2, 0.25) is 10.0 Å². The molecule has 156 valence electrons. The van der Waals surface area contributed by atoms with Gasteiger partial charge in [-0.25, -0.2) is 16.8 Å². The third-order valence-corrected chi connectivity index (χ3v) is 8.18. The van der Waals surface area contributed by atoms with Crippen LogP contribution in [0.1, 0.15) is 36.5 Å². The van der Waals surface area contributed by atoms with Gasteiger partial charge in [0, 0.05) is 24.4 Å². The molecule has 1 aliphatic heterocycles. The van der Waals surface area contributed by atoms with Crippen molar-refractivity contribution >= 4 is 31.5 Å². The van der Waals surface area contributed by atoms with Gasteiger partial charge in [-0.2, -0.15) is 4.31 Å². The second-order valence-electron chi connectivity index (χ2n) is 7.21. The number of rotatable bonds is 5. The summed E-state index contributed by atoms with van der Waals surface area (Å²) in [4.78, 5) is 12.7. The van der Waals surface area contributed by atoms with Gasteiger partial charge in [0.1, 0.15) is 0 Å². The lowest BCUT2D eigenvalue weighted by Crippen LogP contribution is -2.41. The van der Waals surface area contributed by atoms with Crippen molar-refractivity contribution < 1.29 is 21.6 Å². The molecule has 1 saturated heterocycles. The number of benzene rings is 2. The molecule has 1 heterocycles. The molecule has 1 fully saturated rings. The first-order chi connectivity index (χ1) is 13.6. The van der Waals surface area contributed by atoms with E-state index in [0.717, 1.165) is 25.5 Å². The van der Waals surface area contributed by atoms with Gasteiger partial charge in [0.25, 0.3) is 5.91 Å². The number of nitrogens with zero attached hydrogens (tertiary/aromatic N) is 1. The molecule has 0 aromatic heterocycles. The maximum atomic E-state index is 12.9. The molecule has 0 radical (unpaired) electrons. The third kappa shape index (κ3) is 4.68. The van der Waals surface area contributed by atoms with Gasteiger partial charge in [-0.15, -0.1) is 0 Å². The Labute approximate surface area is 171 Å². The van der Waals surface area contributed by atoms with E-state index in [9.17, 15) is 21.6 Å². The number of carbonyl (C=O) groups is 1. The van der Waals surface area contributed by atoms with Gasteiger partial charge >= 0.3 is 0 Å². The maximum Gasteiger partial charge on any atom is 0.255 e. The Balaban J connectivity index is 1.81. The van der Waals surface area contributed by atoms with Crippen LogP contribution in [0.4, 0.5) is 5.69 Å². The van der Waals surface area contributed by atoms with Crippen LogP contribution >= 0.6 is 0 Å². The van der Waals surface area contributed by atoms with Crippen molar-refractivity contribution in [2.75, 3.05) is 18.1 Å². The van der Waals surface area contributed by atoms with Crippen molar-refractivity contribution in [3.8, 4) is 0 Å². The molecule has 2 aromatic carbocycles. The fraction of sp³-hybridized carbons (Fsp3) is 0.350. The molecule has 0 spiro atoms. The smallest absolute Gasteiger partial charge is 0.255 e. The highest BCUT2D eigenvalue weighted by Gasteiger charge is 2.31. The van der Waals surface area contributed by atoms with Gasteiger partial charge in [0.05, 0.1) is 15.5 Å². The van der Waals surface area contributed by atoms with Gasteiger partial charge < -0.3 is 5.32 Å². The molecule has 0 bridgehead atoms. The Morgan fingerprint density at radius 2 is 1.66 bits per heavy atom. The molecule has 9 heteroatoms. The Morgan fingerprint density at radius 1 is 1.00 bits per heavy atom. The van der Waals surface area contributed by atoms with E-state index in [-0.39, 0.29) is 27.1 Å². The molecule has 7 nitrogen and oxygen atoms in total. The molecule has 2 aromatic rings. The number of carbonyl (C=O) groups excluding carboxylic acids is 1. The molecular weight excluding hydrogens is 412 g/mol. The minimum absolute atomic E-state index is 0.0200. The lowest BCUT2D eigenvalue weighted by Gasteiger charge is -2.32. The van der Waals surface area contributed by atoms with E-state index in [1.165, 1.54) is 40.7 Å². The number of anilines is 1. The summed E-state index contributed by atoms with van der Waals surface area (Å²) in [6.45, 7) is 2.39. The van der Waals surface area contributed by atoms with Crippen molar-refractivity contribution in [3.63, 3.8) is 0 Å². The lowest BCUT2D eigenvalue weighted by atomic mass is 10.1. The first-order valence-corrected chi connectivity index (χ1v) is 12.7. The van der Waals surface area contributed by atoms with Gasteiger partial charge in [-0.1, -0.05) is 18.6 Å². The first kappa shape index (κ1) is 21.5. The predicted molar refractivity (Wildman–Crippen MR) is 111 cm³/mol. The number of piperidine rings is 1. The van der Waals surface area contributed by atoms with Crippen LogP contribution in [0, 0.1) is 0 Å². The van der Waals surface area contributed by atoms with Crippen LogP contribution in [-0.4, -0.2) is 45.9 Å². The summed E-state index contributed by atoms with van der Waals surface area (Å²) in [5.41, 5.74) is 0.415. The average molecular weight is 437 g/mol. The van der Waals surface area contributed by atoms with E-state index in [1.807, 2.05) is 6.92 Å². The van der Waals surface area contributed by atoms with Crippen LogP contribution in [0.5, 0.6) is 0 Å². The summed E-state index contributed by atoms with van der Waals surface area (Å²) in [6, 6.07) is 11.8. The van der Waals surface area contributed by atoms with Crippen molar-refractivity contribution in [2.45, 2.75) is 42.0 Å². The van der Waals surface area contributed by atoms with Crippen LogP contribution in [0.25, 0.3) is 0 Å². The van der Waals surface area contributed by atoms with E-state index in [0.29, 0.717) is 6.54 Å². The van der Waals surface area contributed by atoms with E-state index >= 15 is 0 Å². The molecule has 1 aliphatic rings. The average Bonchev–Trinajstić information content (AvgIpc) is 2.68. The summed E-state index contributed by atoms with van der Waals surface area (Å²) in [5.74, 6) is -0.517. The minimum Gasteiger partial charge on any atom is -0.321 e. The van der Waals surface area contributed by atoms with Crippen LogP contribution in [0.3, 0.4) is 0 Å². The molecule has 29 heavy (non-hydrogen) atoms. The first-order valence-electron chi connectivity index (χ1n) is 9.33. The zero-order valence-electron chi connectivity index (χ0n) is 16.3. The summed E-state index contributed by atoms with van der Waals surface area (Å²) < 4.78 is 51.0. The molecule has 1 unspecified atom stereocenters. The number of sulfone groups is 1. The van der Waals surface area contributed by atoms with Crippen LogP contribution < -0.4 is 5.32 Å². The fourth-order valence-electron chi connectivity index (χ4n) is 3.43. The normalized spacial score (nSPS) is 18.3. The Hall–Kier alpha value is -2.23. The van der Waals surface area contributed by atoms with Crippen LogP contribution in [0.2, 0.25) is 0 Å². The number of para-hydroxylation sites is 1. The molecule has 0 saturated carbocycles. The predicted octanol–water partition coefficient (Wildman–Crippen LogP) is 2.91. The number of hydrogen-bond acceptors (Lipinski definition) is 5. The van der Waals surface area contributed by atoms with Crippen molar-refractivity contribution in [1.29, 1.82) is 0 Å². The standard InChI is InChI=1S/C20H24N2O5S2/c1-15-7-5-6-14-22(15)29(26,27)17-12-10-16(11-13-17)20(23)21-18-8-3-4-9-19(18)28(2,24)25/h3-4,8-13,15H,5-7,14H2,1-2H3,(H,21,23). The third-order valence-electron chi connectivity index (χ3n) is 5.00. The zero-order valence-corrected chi connectivity index (χ0v) is 18.0. The van der Waals surface area contributed by atoms with Gasteiger partial charge in [-0.3, -0.25) is 4.79 Å². The van der Waals surface area contributed by atoms with E-state index in [2.05, 4.69) is 5.32 Å². The van der Waals surface area contributed by atoms with Crippen molar-refractivity contribution in [3.05, 3.63) is 54.1 Å². The highest BCUT2D eigenvalue weighted by Crippen LogP contribution is 2.26. The second kappa shape index (κ2) is 8.25. The molecule has 0 aliphatic carbocycles. The fourth-order valence-corrected chi connectivity index (χ4v) is 5.97. The highest BCUT2D eigenvalue weighted by atomic mass is 32.2. The van der Waals surface area contributed by atoms with E-state index < -0.39 is 25.8 Å². The molecule has 1 atom stereocenters. The Morgan fingerprint density at radius 3 is 2.28 bits per heavy atom. The Kier molecular flexibility index (Phi) is 6.11. The second-order valence-corrected chi connectivity index (χ2v) is 11.1. The van der Waals surface area contributed by atoms with Crippen molar-refractivity contribution in [1.82, 2.24) is 4.31 Å². The largest absolute Gasteiger partial charge is 0.321 e. The molecule has 1 N–H and O–H groups in total. The van der Waals surface area contributed by atoms with Gasteiger partial charge in [-0.05, 0) is 56.2 Å². The topological polar surface area (TPSA) is 101 Å². The summed E-state index contributed by atoms with van der Waals surface area (Å²) >= 11 is 0. The molecule has 3 rings (SSSR count). The van der Waals surface area contributed by atoms with Crippen LogP contribution in [-0.2, 0) is 19.9 Å². The minimum atomic E-state index is -3.62. The van der Waals surface area contributed by atoms with Crippen LogP contribution in [0.15, 0.2) is 58.3 Å². The molecule has 1 amide bonds. The monoisotopic (exact) mass is 436 g/mol. The summed E-state index contributed by atoms with van der Waals surface area (Å²) in [7, 11) is -7.12. The Bertz CT molecular complexity index is 1110. The summed E-state index contributed by atoms with van der Waals surface area (Å²) in [6.07, 6.45) is 3.75. The van der Waals surface area contributed by atoms with E-state index in [4.69, 9.17) is 0 Å². The number of sulfonamides is 1. The number of hydrogen-bond donors (Lipinski definition) is 1. The quantitative estimate of drug-likeness (QED) is 0.777. The SMILES string of the molecule is CC1CCCCN1S(=O)(=O)c1ccc(C(=O)Nc2ccccc2S(C)(=O)=O)cc1.